The number of carboxylic acid groups (broad SMARTS) is 1. The molecule has 0 heterocycles. The summed E-state index contributed by atoms with van der Waals surface area (Å²) in [5.74, 6) is 0.861. The van der Waals surface area contributed by atoms with Crippen LogP contribution in [0.5, 0.6) is 11.5 Å². The molecule has 1 aromatic carbocycles. The standard InChI is InChI=1S/C19H31NO4/c1-5-14(13-19(4,20)18(21)22)11-12-15-9-8-10-16(23-6-2)17(15)24-7-3/h8-10,14H,5-7,11-13,20H2,1-4H3,(H,21,22). The zero-order chi connectivity index (χ0) is 18.2. The lowest BCUT2D eigenvalue weighted by Gasteiger charge is -2.25. The van der Waals surface area contributed by atoms with Crippen LogP contribution >= 0.6 is 0 Å². The Balaban J connectivity index is 2.84. The van der Waals surface area contributed by atoms with Gasteiger partial charge >= 0.3 is 5.97 Å². The Hall–Kier alpha value is -1.75. The fourth-order valence-electron chi connectivity index (χ4n) is 2.83. The summed E-state index contributed by atoms with van der Waals surface area (Å²) in [7, 11) is 0. The first-order chi connectivity index (χ1) is 11.4. The summed E-state index contributed by atoms with van der Waals surface area (Å²) in [6, 6.07) is 5.92. The number of ether oxygens (including phenoxy) is 2. The number of carboxylic acids is 1. The lowest BCUT2D eigenvalue weighted by Crippen LogP contribution is -2.46. The van der Waals surface area contributed by atoms with E-state index in [1.54, 1.807) is 6.92 Å². The number of para-hydroxylation sites is 1. The van der Waals surface area contributed by atoms with Crippen LogP contribution in [-0.2, 0) is 11.2 Å². The second-order valence-electron chi connectivity index (χ2n) is 6.35. The molecule has 2 unspecified atom stereocenters. The molecule has 0 amide bonds. The Morgan fingerprint density at radius 2 is 1.92 bits per heavy atom. The summed E-state index contributed by atoms with van der Waals surface area (Å²) in [6.45, 7) is 8.72. The zero-order valence-corrected chi connectivity index (χ0v) is 15.3. The molecule has 0 saturated carbocycles. The Morgan fingerprint density at radius 1 is 1.25 bits per heavy atom. The van der Waals surface area contributed by atoms with Gasteiger partial charge in [0.05, 0.1) is 13.2 Å². The Morgan fingerprint density at radius 3 is 2.46 bits per heavy atom. The minimum atomic E-state index is -1.18. The fraction of sp³-hybridized carbons (Fsp3) is 0.632. The van der Waals surface area contributed by atoms with Crippen molar-refractivity contribution in [1.29, 1.82) is 0 Å². The van der Waals surface area contributed by atoms with Crippen molar-refractivity contribution in [2.24, 2.45) is 11.7 Å². The van der Waals surface area contributed by atoms with Gasteiger partial charge in [-0.1, -0.05) is 25.5 Å². The lowest BCUT2D eigenvalue weighted by atomic mass is 9.84. The first-order valence-electron chi connectivity index (χ1n) is 8.75. The molecule has 0 bridgehead atoms. The molecule has 2 atom stereocenters. The fourth-order valence-corrected chi connectivity index (χ4v) is 2.83. The van der Waals surface area contributed by atoms with Gasteiger partial charge in [-0.05, 0) is 57.6 Å². The minimum absolute atomic E-state index is 0.251. The molecule has 1 aromatic rings. The number of aliphatic carboxylic acids is 1. The molecule has 1 rings (SSSR count). The van der Waals surface area contributed by atoms with Crippen LogP contribution in [0.2, 0.25) is 0 Å². The smallest absolute Gasteiger partial charge is 0.323 e. The van der Waals surface area contributed by atoms with E-state index in [0.717, 1.165) is 36.3 Å². The minimum Gasteiger partial charge on any atom is -0.490 e. The van der Waals surface area contributed by atoms with Crippen molar-refractivity contribution in [3.8, 4) is 11.5 Å². The van der Waals surface area contributed by atoms with Gasteiger partial charge in [0, 0.05) is 0 Å². The van der Waals surface area contributed by atoms with Crippen molar-refractivity contribution in [3.05, 3.63) is 23.8 Å². The molecule has 0 radical (unpaired) electrons. The van der Waals surface area contributed by atoms with Crippen LogP contribution < -0.4 is 15.2 Å². The van der Waals surface area contributed by atoms with E-state index >= 15 is 0 Å². The number of aryl methyl sites for hydroxylation is 1. The van der Waals surface area contributed by atoms with Gasteiger partial charge in [0.2, 0.25) is 0 Å². The first kappa shape index (κ1) is 20.3. The molecule has 0 aromatic heterocycles. The van der Waals surface area contributed by atoms with Crippen molar-refractivity contribution in [3.63, 3.8) is 0 Å². The van der Waals surface area contributed by atoms with E-state index in [4.69, 9.17) is 15.2 Å². The van der Waals surface area contributed by atoms with Crippen LogP contribution in [0.4, 0.5) is 0 Å². The number of hydrogen-bond acceptors (Lipinski definition) is 4. The van der Waals surface area contributed by atoms with Crippen molar-refractivity contribution in [1.82, 2.24) is 0 Å². The normalized spacial score (nSPS) is 14.7. The number of rotatable bonds is 11. The van der Waals surface area contributed by atoms with Crippen LogP contribution in [-0.4, -0.2) is 29.8 Å². The van der Waals surface area contributed by atoms with Gasteiger partial charge in [-0.3, -0.25) is 4.79 Å². The molecule has 0 fully saturated rings. The summed E-state index contributed by atoms with van der Waals surface area (Å²) in [4.78, 5) is 11.2. The number of hydrogen-bond donors (Lipinski definition) is 2. The third kappa shape index (κ3) is 5.71. The van der Waals surface area contributed by atoms with Gasteiger partial charge in [0.25, 0.3) is 0 Å². The van der Waals surface area contributed by atoms with E-state index < -0.39 is 11.5 Å². The van der Waals surface area contributed by atoms with Crippen LogP contribution in [0.25, 0.3) is 0 Å². The Kier molecular flexibility index (Phi) is 8.05. The zero-order valence-electron chi connectivity index (χ0n) is 15.3. The van der Waals surface area contributed by atoms with Gasteiger partial charge in [-0.15, -0.1) is 0 Å². The quantitative estimate of drug-likeness (QED) is 0.644. The summed E-state index contributed by atoms with van der Waals surface area (Å²) >= 11 is 0. The molecule has 0 aliphatic rings. The average molecular weight is 337 g/mol. The maximum absolute atomic E-state index is 11.2. The average Bonchev–Trinajstić information content (AvgIpc) is 2.53. The summed E-state index contributed by atoms with van der Waals surface area (Å²) < 4.78 is 11.4. The van der Waals surface area contributed by atoms with Gasteiger partial charge in [0.15, 0.2) is 11.5 Å². The van der Waals surface area contributed by atoms with Crippen LogP contribution in [0.3, 0.4) is 0 Å². The van der Waals surface area contributed by atoms with Crippen molar-refractivity contribution in [2.45, 2.75) is 58.9 Å². The second kappa shape index (κ2) is 9.52. The molecule has 136 valence electrons. The molecule has 0 aliphatic heterocycles. The SMILES string of the molecule is CCOc1cccc(CCC(CC)CC(C)(N)C(=O)O)c1OCC. The highest BCUT2D eigenvalue weighted by molar-refractivity contribution is 5.77. The molecule has 3 N–H and O–H groups in total. The monoisotopic (exact) mass is 337 g/mol. The van der Waals surface area contributed by atoms with E-state index in [2.05, 4.69) is 6.92 Å². The number of benzene rings is 1. The molecule has 0 aliphatic carbocycles. The predicted octanol–water partition coefficient (Wildman–Crippen LogP) is 3.63. The molecule has 24 heavy (non-hydrogen) atoms. The second-order valence-corrected chi connectivity index (χ2v) is 6.35. The van der Waals surface area contributed by atoms with E-state index in [1.165, 1.54) is 0 Å². The maximum atomic E-state index is 11.2. The lowest BCUT2D eigenvalue weighted by molar-refractivity contribution is -0.143. The van der Waals surface area contributed by atoms with Gasteiger partial charge in [0.1, 0.15) is 5.54 Å². The van der Waals surface area contributed by atoms with E-state index in [9.17, 15) is 9.90 Å². The highest BCUT2D eigenvalue weighted by Crippen LogP contribution is 2.33. The van der Waals surface area contributed by atoms with Crippen molar-refractivity contribution < 1.29 is 19.4 Å². The molecule has 0 saturated heterocycles. The molecular formula is C19H31NO4. The highest BCUT2D eigenvalue weighted by Gasteiger charge is 2.30. The molecule has 5 nitrogen and oxygen atoms in total. The largest absolute Gasteiger partial charge is 0.490 e. The summed E-state index contributed by atoms with van der Waals surface area (Å²) in [5.41, 5.74) is 5.81. The van der Waals surface area contributed by atoms with Crippen LogP contribution in [0.15, 0.2) is 18.2 Å². The van der Waals surface area contributed by atoms with Gasteiger partial charge < -0.3 is 20.3 Å². The maximum Gasteiger partial charge on any atom is 0.323 e. The third-order valence-electron chi connectivity index (χ3n) is 4.25. The third-order valence-corrected chi connectivity index (χ3v) is 4.25. The number of carbonyl (C=O) groups is 1. The van der Waals surface area contributed by atoms with E-state index in [-0.39, 0.29) is 5.92 Å². The molecular weight excluding hydrogens is 306 g/mol. The molecule has 0 spiro atoms. The van der Waals surface area contributed by atoms with Gasteiger partial charge in [-0.25, -0.2) is 0 Å². The molecule has 5 heteroatoms. The van der Waals surface area contributed by atoms with Crippen molar-refractivity contribution >= 4 is 5.97 Å². The Bertz CT molecular complexity index is 528. The number of nitrogens with two attached hydrogens (primary N) is 1. The van der Waals surface area contributed by atoms with Crippen LogP contribution in [0.1, 0.15) is 52.5 Å². The van der Waals surface area contributed by atoms with Crippen LogP contribution in [0, 0.1) is 5.92 Å². The van der Waals surface area contributed by atoms with Gasteiger partial charge in [-0.2, -0.15) is 0 Å². The first-order valence-corrected chi connectivity index (χ1v) is 8.75. The summed E-state index contributed by atoms with van der Waals surface area (Å²) in [5, 5.41) is 9.22. The van der Waals surface area contributed by atoms with E-state index in [1.807, 2.05) is 32.0 Å². The topological polar surface area (TPSA) is 81.8 Å². The van der Waals surface area contributed by atoms with Crippen molar-refractivity contribution in [2.75, 3.05) is 13.2 Å². The predicted molar refractivity (Wildman–Crippen MR) is 95.7 cm³/mol. The Labute approximate surface area is 145 Å². The summed E-state index contributed by atoms with van der Waals surface area (Å²) in [6.07, 6.45) is 3.04. The highest BCUT2D eigenvalue weighted by atomic mass is 16.5. The van der Waals surface area contributed by atoms with E-state index in [0.29, 0.717) is 19.6 Å².